The number of methoxy groups -OCH3 is 1. The lowest BCUT2D eigenvalue weighted by molar-refractivity contribution is 0.401. The molecule has 0 N–H and O–H groups in total. The SMILES string of the molecule is CC[Si](CC)(C1=CC=CC1)c1cc(C)c([Si](C)C)c(C(C)(C)C)c1OC. The van der Waals surface area contributed by atoms with Crippen LogP contribution in [0.4, 0.5) is 0 Å². The molecule has 1 nitrogen and oxygen atoms in total. The Morgan fingerprint density at radius 3 is 2.15 bits per heavy atom. The van der Waals surface area contributed by atoms with Crippen molar-refractivity contribution in [2.75, 3.05) is 7.11 Å². The van der Waals surface area contributed by atoms with E-state index in [1.54, 1.807) is 10.4 Å². The zero-order chi connectivity index (χ0) is 19.7. The van der Waals surface area contributed by atoms with Crippen molar-refractivity contribution in [2.45, 2.75) is 78.6 Å². The fraction of sp³-hybridized carbons (Fsp3) is 0.565. The van der Waals surface area contributed by atoms with Crippen LogP contribution >= 0.6 is 0 Å². The van der Waals surface area contributed by atoms with Crippen molar-refractivity contribution in [3.8, 4) is 5.75 Å². The van der Waals surface area contributed by atoms with Crippen LogP contribution in [0.1, 0.15) is 52.2 Å². The highest BCUT2D eigenvalue weighted by molar-refractivity contribution is 6.98. The van der Waals surface area contributed by atoms with Gasteiger partial charge >= 0.3 is 0 Å². The number of hydrogen-bond donors (Lipinski definition) is 0. The first kappa shape index (κ1) is 21.2. The van der Waals surface area contributed by atoms with E-state index in [0.29, 0.717) is 0 Å². The maximum absolute atomic E-state index is 6.22. The van der Waals surface area contributed by atoms with Crippen LogP contribution in [-0.2, 0) is 5.41 Å². The quantitative estimate of drug-likeness (QED) is 0.597. The molecule has 26 heavy (non-hydrogen) atoms. The average Bonchev–Trinajstić information content (AvgIpc) is 3.09. The molecule has 0 fully saturated rings. The van der Waals surface area contributed by atoms with E-state index >= 15 is 0 Å². The Morgan fingerprint density at radius 2 is 1.77 bits per heavy atom. The molecule has 1 aliphatic carbocycles. The van der Waals surface area contributed by atoms with Crippen molar-refractivity contribution in [3.05, 3.63) is 40.6 Å². The zero-order valence-corrected chi connectivity index (χ0v) is 20.3. The molecule has 1 aromatic carbocycles. The summed E-state index contributed by atoms with van der Waals surface area (Å²) in [5.74, 6) is 1.20. The molecule has 0 saturated carbocycles. The van der Waals surface area contributed by atoms with Crippen molar-refractivity contribution in [3.63, 3.8) is 0 Å². The topological polar surface area (TPSA) is 9.23 Å². The summed E-state index contributed by atoms with van der Waals surface area (Å²) in [5.41, 5.74) is 3.04. The van der Waals surface area contributed by atoms with Crippen LogP contribution in [0.5, 0.6) is 5.75 Å². The highest BCUT2D eigenvalue weighted by Gasteiger charge is 2.40. The van der Waals surface area contributed by atoms with Crippen LogP contribution in [0.3, 0.4) is 0 Å². The largest absolute Gasteiger partial charge is 0.497 e. The van der Waals surface area contributed by atoms with Gasteiger partial charge in [0.25, 0.3) is 0 Å². The van der Waals surface area contributed by atoms with Gasteiger partial charge in [-0.1, -0.05) is 100 Å². The van der Waals surface area contributed by atoms with Crippen molar-refractivity contribution >= 4 is 27.2 Å². The minimum absolute atomic E-state index is 0.0906. The van der Waals surface area contributed by atoms with Gasteiger partial charge in [-0.25, -0.2) is 0 Å². The van der Waals surface area contributed by atoms with Gasteiger partial charge in [0.15, 0.2) is 0 Å². The minimum Gasteiger partial charge on any atom is -0.497 e. The Kier molecular flexibility index (Phi) is 6.45. The fourth-order valence-corrected chi connectivity index (χ4v) is 11.2. The molecule has 2 rings (SSSR count). The van der Waals surface area contributed by atoms with Gasteiger partial charge in [-0.05, 0) is 29.5 Å². The van der Waals surface area contributed by atoms with E-state index in [1.807, 2.05) is 7.11 Å². The van der Waals surface area contributed by atoms with Gasteiger partial charge < -0.3 is 4.74 Å². The summed E-state index contributed by atoms with van der Waals surface area (Å²) in [4.78, 5) is 0. The summed E-state index contributed by atoms with van der Waals surface area (Å²) in [7, 11) is -0.452. The Morgan fingerprint density at radius 1 is 1.15 bits per heavy atom. The number of aryl methyl sites for hydroxylation is 1. The summed E-state index contributed by atoms with van der Waals surface area (Å²) in [6.07, 6.45) is 8.09. The lowest BCUT2D eigenvalue weighted by Crippen LogP contribution is -2.51. The third-order valence-electron chi connectivity index (χ3n) is 6.04. The summed E-state index contributed by atoms with van der Waals surface area (Å²) >= 11 is 0. The summed E-state index contributed by atoms with van der Waals surface area (Å²) in [6.45, 7) is 19.0. The first-order chi connectivity index (χ1) is 12.1. The molecule has 0 bridgehead atoms. The molecule has 1 aliphatic rings. The summed E-state index contributed by atoms with van der Waals surface area (Å²) < 4.78 is 6.22. The Hall–Kier alpha value is -1.07. The van der Waals surface area contributed by atoms with Gasteiger partial charge in [0.2, 0.25) is 0 Å². The zero-order valence-electron chi connectivity index (χ0n) is 18.3. The second kappa shape index (κ2) is 7.89. The van der Waals surface area contributed by atoms with E-state index in [4.69, 9.17) is 4.74 Å². The van der Waals surface area contributed by atoms with E-state index < -0.39 is 16.9 Å². The third-order valence-corrected chi connectivity index (χ3v) is 13.1. The highest BCUT2D eigenvalue weighted by atomic mass is 28.3. The van der Waals surface area contributed by atoms with Crippen LogP contribution in [0.25, 0.3) is 0 Å². The number of rotatable bonds is 6. The van der Waals surface area contributed by atoms with Crippen LogP contribution < -0.4 is 15.1 Å². The highest BCUT2D eigenvalue weighted by Crippen LogP contribution is 2.37. The number of benzene rings is 1. The van der Waals surface area contributed by atoms with Crippen LogP contribution in [0.2, 0.25) is 25.2 Å². The third kappa shape index (κ3) is 3.53. The molecule has 1 aromatic rings. The first-order valence-corrected chi connectivity index (χ1v) is 14.9. The predicted molar refractivity (Wildman–Crippen MR) is 122 cm³/mol. The Labute approximate surface area is 164 Å². The molecule has 143 valence electrons. The molecule has 0 amide bonds. The average molecular weight is 386 g/mol. The van der Waals surface area contributed by atoms with Crippen molar-refractivity contribution in [1.82, 2.24) is 0 Å². The van der Waals surface area contributed by atoms with Crippen LogP contribution in [0, 0.1) is 6.92 Å². The van der Waals surface area contributed by atoms with Crippen LogP contribution in [-0.4, -0.2) is 24.0 Å². The van der Waals surface area contributed by atoms with Gasteiger partial charge in [0.05, 0.1) is 15.9 Å². The summed E-state index contributed by atoms with van der Waals surface area (Å²) in [5, 5.41) is 4.79. The maximum Gasteiger partial charge on any atom is 0.122 e. The fourth-order valence-electron chi connectivity index (χ4n) is 4.79. The van der Waals surface area contributed by atoms with Gasteiger partial charge in [-0.15, -0.1) is 0 Å². The number of hydrogen-bond acceptors (Lipinski definition) is 1. The molecule has 3 heteroatoms. The van der Waals surface area contributed by atoms with E-state index in [-0.39, 0.29) is 5.41 Å². The van der Waals surface area contributed by atoms with Gasteiger partial charge in [-0.2, -0.15) is 0 Å². The van der Waals surface area contributed by atoms with Crippen LogP contribution in [0.15, 0.2) is 29.5 Å². The Bertz CT molecular complexity index is 717. The van der Waals surface area contributed by atoms with E-state index in [9.17, 15) is 0 Å². The molecular weight excluding hydrogens is 348 g/mol. The molecule has 0 spiro atoms. The molecule has 0 saturated heterocycles. The second-order valence-electron chi connectivity index (χ2n) is 8.89. The first-order valence-electron chi connectivity index (χ1n) is 10.0. The number of ether oxygens (including phenoxy) is 1. The molecular formula is C23H37OSi2. The normalized spacial score (nSPS) is 14.9. The molecule has 1 radical (unpaired) electrons. The second-order valence-corrected chi connectivity index (χ2v) is 16.1. The van der Waals surface area contributed by atoms with Gasteiger partial charge in [0.1, 0.15) is 13.8 Å². The predicted octanol–water partition coefficient (Wildman–Crippen LogP) is 5.38. The Balaban J connectivity index is 2.91. The standard InChI is InChI=1S/C23H37OSi2/c1-10-26(11-2,18-14-12-13-15-18)19-16-17(3)22(25(8)9)20(21(19)24-7)23(4,5)6/h12-14,16H,10-11,15H2,1-9H3. The van der Waals surface area contributed by atoms with E-state index in [2.05, 4.69) is 78.9 Å². The molecule has 0 aliphatic heterocycles. The van der Waals surface area contributed by atoms with E-state index in [0.717, 1.165) is 6.42 Å². The van der Waals surface area contributed by atoms with Crippen molar-refractivity contribution in [1.29, 1.82) is 0 Å². The van der Waals surface area contributed by atoms with Crippen molar-refractivity contribution in [2.24, 2.45) is 0 Å². The lowest BCUT2D eigenvalue weighted by atomic mass is 9.85. The minimum atomic E-state index is -1.77. The monoisotopic (exact) mass is 385 g/mol. The summed E-state index contributed by atoms with van der Waals surface area (Å²) in [6, 6.07) is 5.00. The van der Waals surface area contributed by atoms with Crippen molar-refractivity contribution < 1.29 is 4.74 Å². The molecule has 0 heterocycles. The van der Waals surface area contributed by atoms with E-state index in [1.165, 1.54) is 34.2 Å². The molecule has 0 atom stereocenters. The number of allylic oxidation sites excluding steroid dienone is 4. The lowest BCUT2D eigenvalue weighted by Gasteiger charge is -2.37. The molecule has 0 unspecified atom stereocenters. The molecule has 0 aromatic heterocycles. The van der Waals surface area contributed by atoms with Gasteiger partial charge in [0, 0.05) is 0 Å². The van der Waals surface area contributed by atoms with Gasteiger partial charge in [-0.3, -0.25) is 0 Å². The smallest absolute Gasteiger partial charge is 0.122 e. The maximum atomic E-state index is 6.22.